The van der Waals surface area contributed by atoms with Gasteiger partial charge in [0, 0.05) is 31.8 Å². The highest BCUT2D eigenvalue weighted by molar-refractivity contribution is 5.33. The van der Waals surface area contributed by atoms with E-state index in [9.17, 15) is 0 Å². The first kappa shape index (κ1) is 14.5. The van der Waals surface area contributed by atoms with E-state index in [0.717, 1.165) is 26.1 Å². The van der Waals surface area contributed by atoms with Gasteiger partial charge in [0.05, 0.1) is 0 Å². The number of nitrogens with two attached hydrogens (primary N) is 1. The Labute approximate surface area is 116 Å². The molecule has 1 aliphatic rings. The van der Waals surface area contributed by atoms with Crippen LogP contribution >= 0.6 is 0 Å². The largest absolute Gasteiger partial charge is 0.381 e. The smallest absolute Gasteiger partial charge is 0.0480 e. The molecular formula is C16H26N2O. The summed E-state index contributed by atoms with van der Waals surface area (Å²) in [6.45, 7) is 6.73. The lowest BCUT2D eigenvalue weighted by Crippen LogP contribution is -2.41. The molecule has 0 saturated carbocycles. The van der Waals surface area contributed by atoms with Gasteiger partial charge >= 0.3 is 0 Å². The van der Waals surface area contributed by atoms with Gasteiger partial charge in [-0.1, -0.05) is 23.8 Å². The molecule has 1 aromatic carbocycles. The van der Waals surface area contributed by atoms with Crippen molar-refractivity contribution >= 4 is 0 Å². The molecular weight excluding hydrogens is 236 g/mol. The maximum Gasteiger partial charge on any atom is 0.0480 e. The molecule has 2 N–H and O–H groups in total. The Morgan fingerprint density at radius 3 is 2.58 bits per heavy atom. The molecule has 1 aromatic rings. The maximum atomic E-state index is 6.05. The molecule has 3 heteroatoms. The SMILES string of the molecule is Cc1ccc(C(CN)N(C)C2CCOCC2)c(C)c1. The van der Waals surface area contributed by atoms with Gasteiger partial charge in [0.25, 0.3) is 0 Å². The van der Waals surface area contributed by atoms with Crippen molar-refractivity contribution < 1.29 is 4.74 Å². The number of hydrogen-bond acceptors (Lipinski definition) is 3. The minimum atomic E-state index is 0.309. The molecule has 19 heavy (non-hydrogen) atoms. The Morgan fingerprint density at radius 1 is 1.32 bits per heavy atom. The Kier molecular flexibility index (Phi) is 4.97. The van der Waals surface area contributed by atoms with E-state index in [1.165, 1.54) is 16.7 Å². The van der Waals surface area contributed by atoms with Crippen LogP contribution in [0.15, 0.2) is 18.2 Å². The molecule has 0 spiro atoms. The van der Waals surface area contributed by atoms with Crippen LogP contribution in [0.4, 0.5) is 0 Å². The molecule has 0 amide bonds. The van der Waals surface area contributed by atoms with Crippen molar-refractivity contribution in [2.45, 2.75) is 38.8 Å². The number of nitrogens with zero attached hydrogens (tertiary/aromatic N) is 1. The summed E-state index contributed by atoms with van der Waals surface area (Å²) in [4.78, 5) is 2.44. The fourth-order valence-corrected chi connectivity index (χ4v) is 3.06. The van der Waals surface area contributed by atoms with Crippen LogP contribution in [0, 0.1) is 13.8 Å². The van der Waals surface area contributed by atoms with Crippen molar-refractivity contribution in [3.63, 3.8) is 0 Å². The van der Waals surface area contributed by atoms with Gasteiger partial charge in [0.1, 0.15) is 0 Å². The second-order valence-electron chi connectivity index (χ2n) is 5.62. The average molecular weight is 262 g/mol. The lowest BCUT2D eigenvalue weighted by Gasteiger charge is -2.37. The second kappa shape index (κ2) is 6.51. The third-order valence-corrected chi connectivity index (χ3v) is 4.27. The van der Waals surface area contributed by atoms with Crippen LogP contribution < -0.4 is 5.73 Å². The van der Waals surface area contributed by atoms with Crippen molar-refractivity contribution in [2.24, 2.45) is 5.73 Å². The molecule has 0 aliphatic carbocycles. The van der Waals surface area contributed by atoms with Crippen LogP contribution in [-0.2, 0) is 4.74 Å². The van der Waals surface area contributed by atoms with E-state index >= 15 is 0 Å². The Morgan fingerprint density at radius 2 is 2.00 bits per heavy atom. The lowest BCUT2D eigenvalue weighted by atomic mass is 9.96. The van der Waals surface area contributed by atoms with E-state index < -0.39 is 0 Å². The first-order valence-electron chi connectivity index (χ1n) is 7.20. The number of ether oxygens (including phenoxy) is 1. The molecule has 0 aromatic heterocycles. The normalized spacial score (nSPS) is 18.8. The summed E-state index contributed by atoms with van der Waals surface area (Å²) in [6, 6.07) is 7.56. The molecule has 0 radical (unpaired) electrons. The Balaban J connectivity index is 2.18. The summed E-state index contributed by atoms with van der Waals surface area (Å²) < 4.78 is 5.45. The van der Waals surface area contributed by atoms with Gasteiger partial charge in [0.2, 0.25) is 0 Å². The summed E-state index contributed by atoms with van der Waals surface area (Å²) in [5.41, 5.74) is 10.1. The molecule has 1 fully saturated rings. The number of hydrogen-bond donors (Lipinski definition) is 1. The standard InChI is InChI=1S/C16H26N2O/c1-12-4-5-15(13(2)10-12)16(11-17)18(3)14-6-8-19-9-7-14/h4-5,10,14,16H,6-9,11,17H2,1-3H3. The third kappa shape index (κ3) is 3.35. The topological polar surface area (TPSA) is 38.5 Å². The minimum absolute atomic E-state index is 0.309. The van der Waals surface area contributed by atoms with Crippen LogP contribution in [0.1, 0.15) is 35.6 Å². The van der Waals surface area contributed by atoms with Gasteiger partial charge < -0.3 is 10.5 Å². The molecule has 3 nitrogen and oxygen atoms in total. The molecule has 0 bridgehead atoms. The van der Waals surface area contributed by atoms with E-state index in [0.29, 0.717) is 18.6 Å². The Bertz CT molecular complexity index is 413. The number of likely N-dealkylation sites (N-methyl/N-ethyl adjacent to an activating group) is 1. The quantitative estimate of drug-likeness (QED) is 0.905. The Hall–Kier alpha value is -0.900. The zero-order valence-corrected chi connectivity index (χ0v) is 12.4. The van der Waals surface area contributed by atoms with Crippen LogP contribution in [-0.4, -0.2) is 37.7 Å². The first-order chi connectivity index (χ1) is 9.13. The summed E-state index contributed by atoms with van der Waals surface area (Å²) in [7, 11) is 2.20. The van der Waals surface area contributed by atoms with E-state index in [2.05, 4.69) is 44.0 Å². The van der Waals surface area contributed by atoms with E-state index in [-0.39, 0.29) is 0 Å². The van der Waals surface area contributed by atoms with Gasteiger partial charge in [-0.3, -0.25) is 4.90 Å². The molecule has 106 valence electrons. The summed E-state index contributed by atoms with van der Waals surface area (Å²) in [5.74, 6) is 0. The van der Waals surface area contributed by atoms with Crippen LogP contribution in [0.2, 0.25) is 0 Å². The first-order valence-corrected chi connectivity index (χ1v) is 7.20. The van der Waals surface area contributed by atoms with Gasteiger partial charge in [0.15, 0.2) is 0 Å². The highest BCUT2D eigenvalue weighted by atomic mass is 16.5. The van der Waals surface area contributed by atoms with Gasteiger partial charge in [-0.2, -0.15) is 0 Å². The monoisotopic (exact) mass is 262 g/mol. The maximum absolute atomic E-state index is 6.05. The summed E-state index contributed by atoms with van der Waals surface area (Å²) >= 11 is 0. The minimum Gasteiger partial charge on any atom is -0.381 e. The lowest BCUT2D eigenvalue weighted by molar-refractivity contribution is 0.0293. The highest BCUT2D eigenvalue weighted by Crippen LogP contribution is 2.27. The fraction of sp³-hybridized carbons (Fsp3) is 0.625. The summed E-state index contributed by atoms with van der Waals surface area (Å²) in [6.07, 6.45) is 2.22. The van der Waals surface area contributed by atoms with E-state index in [1.807, 2.05) is 0 Å². The van der Waals surface area contributed by atoms with Crippen molar-refractivity contribution in [3.8, 4) is 0 Å². The molecule has 1 unspecified atom stereocenters. The molecule has 1 atom stereocenters. The molecule has 1 aliphatic heterocycles. The zero-order valence-electron chi connectivity index (χ0n) is 12.4. The summed E-state index contributed by atoms with van der Waals surface area (Å²) in [5, 5.41) is 0. The number of benzene rings is 1. The van der Waals surface area contributed by atoms with Crippen molar-refractivity contribution in [1.82, 2.24) is 4.90 Å². The molecule has 2 rings (SSSR count). The van der Waals surface area contributed by atoms with E-state index in [1.54, 1.807) is 0 Å². The van der Waals surface area contributed by atoms with Gasteiger partial charge in [-0.25, -0.2) is 0 Å². The van der Waals surface area contributed by atoms with Crippen molar-refractivity contribution in [2.75, 3.05) is 26.8 Å². The number of aryl methyl sites for hydroxylation is 2. The van der Waals surface area contributed by atoms with Crippen LogP contribution in [0.25, 0.3) is 0 Å². The van der Waals surface area contributed by atoms with Gasteiger partial charge in [-0.05, 0) is 44.9 Å². The predicted molar refractivity (Wildman–Crippen MR) is 79.3 cm³/mol. The van der Waals surface area contributed by atoms with Crippen molar-refractivity contribution in [1.29, 1.82) is 0 Å². The molecule has 1 saturated heterocycles. The molecule has 1 heterocycles. The van der Waals surface area contributed by atoms with Crippen molar-refractivity contribution in [3.05, 3.63) is 34.9 Å². The van der Waals surface area contributed by atoms with Crippen LogP contribution in [0.5, 0.6) is 0 Å². The fourth-order valence-electron chi connectivity index (χ4n) is 3.06. The van der Waals surface area contributed by atoms with Gasteiger partial charge in [-0.15, -0.1) is 0 Å². The van der Waals surface area contributed by atoms with Crippen LogP contribution in [0.3, 0.4) is 0 Å². The second-order valence-corrected chi connectivity index (χ2v) is 5.62. The number of rotatable bonds is 4. The van der Waals surface area contributed by atoms with E-state index in [4.69, 9.17) is 10.5 Å². The zero-order chi connectivity index (χ0) is 13.8. The highest BCUT2D eigenvalue weighted by Gasteiger charge is 2.25. The third-order valence-electron chi connectivity index (χ3n) is 4.27. The predicted octanol–water partition coefficient (Wildman–Crippen LogP) is 2.41. The average Bonchev–Trinajstić information content (AvgIpc) is 2.42.